The molecule has 2 aromatic heterocycles. The molecule has 0 aliphatic heterocycles. The van der Waals surface area contributed by atoms with Gasteiger partial charge < -0.3 is 15.9 Å². The molecular formula is C20H17ClN6OS. The lowest BCUT2D eigenvalue weighted by Crippen LogP contribution is -2.20. The van der Waals surface area contributed by atoms with Gasteiger partial charge in [0.2, 0.25) is 0 Å². The third-order valence-corrected chi connectivity index (χ3v) is 5.64. The molecule has 0 aliphatic carbocycles. The van der Waals surface area contributed by atoms with E-state index in [1.165, 1.54) is 0 Å². The number of pyridine rings is 1. The molecule has 7 nitrogen and oxygen atoms in total. The molecule has 0 saturated carbocycles. The minimum absolute atomic E-state index is 0.409. The molecule has 0 amide bonds. The van der Waals surface area contributed by atoms with Crippen LogP contribution in [0.15, 0.2) is 58.0 Å². The van der Waals surface area contributed by atoms with Gasteiger partial charge in [-0.3, -0.25) is 5.43 Å². The summed E-state index contributed by atoms with van der Waals surface area (Å²) in [5, 5.41) is 15.4. The molecule has 0 bridgehead atoms. The van der Waals surface area contributed by atoms with Gasteiger partial charge in [0.25, 0.3) is 0 Å². The maximum Gasteiger partial charge on any atom is 0.173 e. The quantitative estimate of drug-likeness (QED) is 0.187. The van der Waals surface area contributed by atoms with Crippen molar-refractivity contribution < 1.29 is 4.74 Å². The molecule has 0 aliphatic rings. The number of nitrogens with zero attached hydrogens (tertiary/aromatic N) is 3. The topological polar surface area (TPSA) is 96.9 Å². The van der Waals surface area contributed by atoms with Crippen molar-refractivity contribution >= 4 is 68.0 Å². The molecule has 4 rings (SSSR count). The highest BCUT2D eigenvalue weighted by atomic mass is 35.5. The van der Waals surface area contributed by atoms with Gasteiger partial charge in [-0.2, -0.15) is 10.2 Å². The highest BCUT2D eigenvalue weighted by Crippen LogP contribution is 2.36. The van der Waals surface area contributed by atoms with Crippen LogP contribution >= 0.6 is 22.9 Å². The summed E-state index contributed by atoms with van der Waals surface area (Å²) in [7, 11) is 1.58. The van der Waals surface area contributed by atoms with Gasteiger partial charge >= 0.3 is 0 Å². The van der Waals surface area contributed by atoms with E-state index >= 15 is 0 Å². The normalized spacial score (nSPS) is 11.6. The summed E-state index contributed by atoms with van der Waals surface area (Å²) < 4.78 is 6.35. The number of anilines is 2. The molecule has 9 heteroatoms. The van der Waals surface area contributed by atoms with E-state index in [-0.39, 0.29) is 0 Å². The van der Waals surface area contributed by atoms with E-state index in [0.717, 1.165) is 38.1 Å². The van der Waals surface area contributed by atoms with Crippen LogP contribution in [-0.2, 0) is 0 Å². The van der Waals surface area contributed by atoms with Gasteiger partial charge in [-0.25, -0.2) is 4.98 Å². The summed E-state index contributed by atoms with van der Waals surface area (Å²) in [6.07, 6.45) is 0. The van der Waals surface area contributed by atoms with E-state index in [4.69, 9.17) is 27.2 Å². The number of thiophene rings is 1. The second-order valence-corrected chi connectivity index (χ2v) is 7.40. The molecule has 2 heterocycles. The Balaban J connectivity index is 1.83. The highest BCUT2D eigenvalue weighted by Gasteiger charge is 2.13. The van der Waals surface area contributed by atoms with Gasteiger partial charge in [0.05, 0.1) is 17.6 Å². The molecule has 0 radical (unpaired) electrons. The van der Waals surface area contributed by atoms with Crippen LogP contribution in [0.1, 0.15) is 5.56 Å². The Morgan fingerprint density at radius 3 is 2.79 bits per heavy atom. The number of halogens is 1. The summed E-state index contributed by atoms with van der Waals surface area (Å²) in [6.45, 7) is 3.41. The van der Waals surface area contributed by atoms with Crippen molar-refractivity contribution in [3.05, 3.63) is 58.4 Å². The maximum absolute atomic E-state index is 6.26. The SMILES string of the molecule is C=NN/C(=N\N)c1ccc2c(c1)nc(Nc1ccc(OC)c(Cl)c1)c1ccsc12. The maximum atomic E-state index is 6.26. The lowest BCUT2D eigenvalue weighted by molar-refractivity contribution is 0.415. The van der Waals surface area contributed by atoms with Crippen molar-refractivity contribution in [1.29, 1.82) is 0 Å². The minimum atomic E-state index is 0.409. The molecule has 0 atom stereocenters. The van der Waals surface area contributed by atoms with E-state index in [1.54, 1.807) is 24.5 Å². The van der Waals surface area contributed by atoms with Gasteiger partial charge in [0, 0.05) is 33.4 Å². The summed E-state index contributed by atoms with van der Waals surface area (Å²) in [6, 6.07) is 13.4. The van der Waals surface area contributed by atoms with Crippen molar-refractivity contribution in [3.63, 3.8) is 0 Å². The largest absolute Gasteiger partial charge is 0.495 e. The summed E-state index contributed by atoms with van der Waals surface area (Å²) in [4.78, 5) is 4.83. The van der Waals surface area contributed by atoms with Crippen molar-refractivity contribution in [3.8, 4) is 5.75 Å². The van der Waals surface area contributed by atoms with Gasteiger partial charge in [0.1, 0.15) is 11.6 Å². The Morgan fingerprint density at radius 2 is 2.07 bits per heavy atom. The van der Waals surface area contributed by atoms with E-state index < -0.39 is 0 Å². The smallest absolute Gasteiger partial charge is 0.173 e. The second-order valence-electron chi connectivity index (χ2n) is 6.08. The fourth-order valence-corrected chi connectivity index (χ4v) is 4.26. The van der Waals surface area contributed by atoms with Crippen LogP contribution in [-0.4, -0.2) is 24.6 Å². The van der Waals surface area contributed by atoms with Crippen molar-refractivity contribution in [1.82, 2.24) is 10.4 Å². The van der Waals surface area contributed by atoms with Crippen LogP contribution in [0, 0.1) is 0 Å². The number of nitrogens with one attached hydrogen (secondary N) is 2. The fraction of sp³-hybridized carbons (Fsp3) is 0.0500. The monoisotopic (exact) mass is 424 g/mol. The molecule has 146 valence electrons. The number of ether oxygens (including phenoxy) is 1. The summed E-state index contributed by atoms with van der Waals surface area (Å²) >= 11 is 7.92. The third-order valence-electron chi connectivity index (χ3n) is 4.40. The Morgan fingerprint density at radius 1 is 1.21 bits per heavy atom. The molecule has 0 fully saturated rings. The van der Waals surface area contributed by atoms with E-state index in [1.807, 2.05) is 41.8 Å². The van der Waals surface area contributed by atoms with Crippen LogP contribution in [0.3, 0.4) is 0 Å². The first-order valence-corrected chi connectivity index (χ1v) is 9.82. The number of hydrazone groups is 2. The van der Waals surface area contributed by atoms with E-state index in [9.17, 15) is 0 Å². The Bertz CT molecular complexity index is 1250. The Hall–Kier alpha value is -3.36. The molecular weight excluding hydrogens is 408 g/mol. The second kappa shape index (κ2) is 7.94. The Labute approximate surface area is 175 Å². The first-order chi connectivity index (χ1) is 14.1. The highest BCUT2D eigenvalue weighted by molar-refractivity contribution is 7.18. The third kappa shape index (κ3) is 3.55. The van der Waals surface area contributed by atoms with Crippen LogP contribution < -0.4 is 21.3 Å². The number of methoxy groups -OCH3 is 1. The van der Waals surface area contributed by atoms with Crippen molar-refractivity contribution in [2.24, 2.45) is 16.0 Å². The number of rotatable bonds is 5. The van der Waals surface area contributed by atoms with Crippen LogP contribution in [0.4, 0.5) is 11.5 Å². The molecule has 2 aromatic carbocycles. The molecule has 4 aromatic rings. The average molecular weight is 425 g/mol. The predicted octanol–water partition coefficient (Wildman–Crippen LogP) is 4.68. The van der Waals surface area contributed by atoms with Crippen molar-refractivity contribution in [2.75, 3.05) is 12.4 Å². The van der Waals surface area contributed by atoms with Gasteiger partial charge in [0.15, 0.2) is 5.84 Å². The number of benzene rings is 2. The fourth-order valence-electron chi connectivity index (χ4n) is 3.07. The van der Waals surface area contributed by atoms with Crippen LogP contribution in [0.2, 0.25) is 5.02 Å². The zero-order chi connectivity index (χ0) is 20.4. The number of aromatic nitrogens is 1. The molecule has 0 unspecified atom stereocenters. The van der Waals surface area contributed by atoms with Crippen molar-refractivity contribution in [2.45, 2.75) is 0 Å². The summed E-state index contributed by atoms with van der Waals surface area (Å²) in [5.41, 5.74) is 5.06. The zero-order valence-electron chi connectivity index (χ0n) is 15.4. The van der Waals surface area contributed by atoms with Gasteiger partial charge in [-0.15, -0.1) is 11.3 Å². The number of nitrogens with two attached hydrogens (primary N) is 1. The van der Waals surface area contributed by atoms with E-state index in [0.29, 0.717) is 16.6 Å². The molecule has 4 N–H and O–H groups in total. The number of fused-ring (bicyclic) bond motifs is 3. The average Bonchev–Trinajstić information content (AvgIpc) is 3.22. The van der Waals surface area contributed by atoms with Gasteiger partial charge in [-0.1, -0.05) is 23.7 Å². The summed E-state index contributed by atoms with van der Waals surface area (Å²) in [5.74, 6) is 7.22. The predicted molar refractivity (Wildman–Crippen MR) is 122 cm³/mol. The Kier molecular flexibility index (Phi) is 5.20. The number of hydrogen-bond donors (Lipinski definition) is 3. The number of amidine groups is 1. The lowest BCUT2D eigenvalue weighted by Gasteiger charge is -2.12. The standard InChI is InChI=1S/C20H17ClN6OS/c1-23-27-19(26-22)11-3-5-13-16(9-11)25-20(14-7-8-29-18(13)14)24-12-4-6-17(28-2)15(21)10-12/h3-10H,1,22H2,2H3,(H,24,25)(H,26,27). The van der Waals surface area contributed by atoms with Crippen LogP contribution in [0.5, 0.6) is 5.75 Å². The minimum Gasteiger partial charge on any atom is -0.495 e. The molecule has 0 saturated heterocycles. The zero-order valence-corrected chi connectivity index (χ0v) is 17.0. The molecule has 29 heavy (non-hydrogen) atoms. The van der Waals surface area contributed by atoms with E-state index in [2.05, 4.69) is 27.7 Å². The molecule has 0 spiro atoms. The van der Waals surface area contributed by atoms with Gasteiger partial charge in [-0.05, 0) is 35.7 Å². The first kappa shape index (κ1) is 19.0. The first-order valence-electron chi connectivity index (χ1n) is 8.56. The van der Waals surface area contributed by atoms with Crippen LogP contribution in [0.25, 0.3) is 21.0 Å². The lowest BCUT2D eigenvalue weighted by atomic mass is 10.1. The number of hydrogen-bond acceptors (Lipinski definition) is 7.